The van der Waals surface area contributed by atoms with E-state index in [1.165, 1.54) is 56.8 Å². The maximum absolute atomic E-state index is 13.1. The molecule has 0 aliphatic carbocycles. The van der Waals surface area contributed by atoms with Crippen molar-refractivity contribution in [3.8, 4) is 11.4 Å². The van der Waals surface area contributed by atoms with Crippen molar-refractivity contribution in [2.24, 2.45) is 0 Å². The number of aromatic nitrogens is 8. The molecule has 9 rings (SSSR count). The van der Waals surface area contributed by atoms with Crippen LogP contribution in [-0.4, -0.2) is 105 Å². The van der Waals surface area contributed by atoms with Crippen LogP contribution in [0.5, 0.6) is 0 Å². The fraction of sp³-hybridized carbons (Fsp3) is 0.417. The smallest absolute Gasteiger partial charge is 0.262 e. The molecule has 0 bridgehead atoms. The van der Waals surface area contributed by atoms with E-state index >= 15 is 0 Å². The zero-order valence-corrected chi connectivity index (χ0v) is 37.1. The number of rotatable bonds is 20. The van der Waals surface area contributed by atoms with Gasteiger partial charge in [-0.05, 0) is 67.6 Å². The number of amides is 4. The number of anilines is 4. The number of carbonyl (C=O) groups excluding carboxylic acids is 4. The molecule has 2 aromatic carbocycles. The Morgan fingerprint density at radius 3 is 2.27 bits per heavy atom. The van der Waals surface area contributed by atoms with Crippen LogP contribution in [0.15, 0.2) is 79.6 Å². The van der Waals surface area contributed by atoms with Gasteiger partial charge in [-0.2, -0.15) is 0 Å². The summed E-state index contributed by atoms with van der Waals surface area (Å²) in [6.07, 6.45) is 23.6. The van der Waals surface area contributed by atoms with Crippen molar-refractivity contribution in [2.75, 3.05) is 42.1 Å². The minimum Gasteiger partial charge on any atom is -0.382 e. The molecular formula is C48H56N14O4. The monoisotopic (exact) mass is 892 g/mol. The molecule has 0 spiro atoms. The zero-order valence-electron chi connectivity index (χ0n) is 37.1. The summed E-state index contributed by atoms with van der Waals surface area (Å²) in [6.45, 7) is 5.46. The Balaban J connectivity index is 0.616. The summed E-state index contributed by atoms with van der Waals surface area (Å²) in [5.74, 6) is -0.926. The van der Waals surface area contributed by atoms with E-state index in [9.17, 15) is 19.2 Å². The van der Waals surface area contributed by atoms with Crippen LogP contribution in [0.4, 0.5) is 23.0 Å². The molecule has 4 amide bonds. The maximum Gasteiger partial charge on any atom is 0.262 e. The second-order valence-electron chi connectivity index (χ2n) is 17.5. The van der Waals surface area contributed by atoms with Gasteiger partial charge in [0.15, 0.2) is 11.5 Å². The molecular weight excluding hydrogens is 837 g/mol. The fourth-order valence-electron chi connectivity index (χ4n) is 9.14. The molecule has 342 valence electrons. The van der Waals surface area contributed by atoms with Crippen molar-refractivity contribution >= 4 is 52.3 Å². The first-order valence-corrected chi connectivity index (χ1v) is 23.3. The molecule has 6 aromatic rings. The van der Waals surface area contributed by atoms with Gasteiger partial charge in [-0.15, -0.1) is 5.10 Å². The first-order chi connectivity index (χ1) is 32.3. The Morgan fingerprint density at radius 1 is 0.773 bits per heavy atom. The third kappa shape index (κ3) is 10.4. The number of fused-ring (bicyclic) bond motifs is 2. The van der Waals surface area contributed by atoms with Crippen LogP contribution in [0.3, 0.4) is 0 Å². The Morgan fingerprint density at radius 2 is 1.52 bits per heavy atom. The van der Waals surface area contributed by atoms with Gasteiger partial charge in [0.05, 0.1) is 29.2 Å². The SMILES string of the molecule is Nc1cncc(-c2cn3ccnc3c(Nc3ccc(N4CCN(Cc5cn(CCCCCCCCCCCCc6ccc7c(c6)C(=O)N(C6CCC(=O)NC6=O)C7=O)nn5)CC4)cc3)n2)n1. The van der Waals surface area contributed by atoms with Crippen molar-refractivity contribution in [3.63, 3.8) is 0 Å². The van der Waals surface area contributed by atoms with Crippen LogP contribution >= 0.6 is 0 Å². The number of nitrogens with two attached hydrogens (primary N) is 1. The van der Waals surface area contributed by atoms with Crippen molar-refractivity contribution in [1.29, 1.82) is 0 Å². The van der Waals surface area contributed by atoms with Gasteiger partial charge in [0, 0.05) is 81.9 Å². The van der Waals surface area contributed by atoms with E-state index < -0.39 is 23.8 Å². The van der Waals surface area contributed by atoms with Crippen LogP contribution in [0.2, 0.25) is 0 Å². The number of unbranched alkanes of at least 4 members (excludes halogenated alkanes) is 9. The second kappa shape index (κ2) is 20.4. The van der Waals surface area contributed by atoms with Gasteiger partial charge in [-0.3, -0.25) is 44.0 Å². The van der Waals surface area contributed by atoms with Crippen LogP contribution in [0, 0.1) is 0 Å². The third-order valence-corrected chi connectivity index (χ3v) is 12.7. The number of benzene rings is 2. The summed E-state index contributed by atoms with van der Waals surface area (Å²) in [5, 5.41) is 14.6. The van der Waals surface area contributed by atoms with E-state index in [1.54, 1.807) is 24.5 Å². The molecule has 18 heteroatoms. The van der Waals surface area contributed by atoms with Crippen molar-refractivity contribution in [1.82, 2.24) is 54.4 Å². The second-order valence-corrected chi connectivity index (χ2v) is 17.5. The number of imidazole rings is 1. The van der Waals surface area contributed by atoms with E-state index in [4.69, 9.17) is 10.7 Å². The van der Waals surface area contributed by atoms with Gasteiger partial charge < -0.3 is 20.4 Å². The minimum absolute atomic E-state index is 0.112. The van der Waals surface area contributed by atoms with E-state index in [2.05, 4.69) is 76.2 Å². The largest absolute Gasteiger partial charge is 0.382 e. The minimum atomic E-state index is -0.939. The molecule has 66 heavy (non-hydrogen) atoms. The predicted molar refractivity (Wildman–Crippen MR) is 249 cm³/mol. The molecule has 7 heterocycles. The van der Waals surface area contributed by atoms with Crippen LogP contribution < -0.4 is 21.3 Å². The Hall–Kier alpha value is -7.08. The van der Waals surface area contributed by atoms with Crippen LogP contribution in [0.1, 0.15) is 109 Å². The van der Waals surface area contributed by atoms with Gasteiger partial charge >= 0.3 is 0 Å². The highest BCUT2D eigenvalue weighted by Gasteiger charge is 2.44. The highest BCUT2D eigenvalue weighted by atomic mass is 16.2. The average molecular weight is 893 g/mol. The van der Waals surface area contributed by atoms with E-state index in [1.807, 2.05) is 27.5 Å². The molecule has 4 N–H and O–H groups in total. The van der Waals surface area contributed by atoms with Crippen molar-refractivity contribution in [3.05, 3.63) is 102 Å². The molecule has 3 aliphatic heterocycles. The number of hydrogen-bond donors (Lipinski definition) is 3. The topological polar surface area (TPSA) is 215 Å². The van der Waals surface area contributed by atoms with Gasteiger partial charge in [-0.1, -0.05) is 62.6 Å². The maximum atomic E-state index is 13.1. The van der Waals surface area contributed by atoms with E-state index in [0.29, 0.717) is 39.8 Å². The number of imide groups is 2. The number of hydrogen-bond acceptors (Lipinski definition) is 14. The lowest BCUT2D eigenvalue weighted by atomic mass is 10.0. The molecule has 4 aromatic heterocycles. The van der Waals surface area contributed by atoms with Crippen molar-refractivity contribution < 1.29 is 19.2 Å². The summed E-state index contributed by atoms with van der Waals surface area (Å²) in [6, 6.07) is 12.9. The number of nitrogens with zero attached hydrogens (tertiary/aromatic N) is 11. The molecule has 3 aliphatic rings. The lowest BCUT2D eigenvalue weighted by Crippen LogP contribution is -2.54. The lowest BCUT2D eigenvalue weighted by molar-refractivity contribution is -0.136. The number of nitrogens with one attached hydrogen (secondary N) is 2. The number of piperazine rings is 1. The van der Waals surface area contributed by atoms with E-state index in [0.717, 1.165) is 86.8 Å². The summed E-state index contributed by atoms with van der Waals surface area (Å²) < 4.78 is 3.90. The molecule has 2 fully saturated rings. The molecule has 1 atom stereocenters. The summed E-state index contributed by atoms with van der Waals surface area (Å²) >= 11 is 0. The highest BCUT2D eigenvalue weighted by Crippen LogP contribution is 2.30. The first kappa shape index (κ1) is 44.1. The Kier molecular flexibility index (Phi) is 13.6. The Bertz CT molecular complexity index is 2690. The Labute approximate surface area is 383 Å². The first-order valence-electron chi connectivity index (χ1n) is 23.3. The number of aryl methyl sites for hydroxylation is 2. The van der Waals surface area contributed by atoms with Gasteiger partial charge in [0.1, 0.15) is 23.2 Å². The molecule has 18 nitrogen and oxygen atoms in total. The summed E-state index contributed by atoms with van der Waals surface area (Å²) in [7, 11) is 0. The van der Waals surface area contributed by atoms with Gasteiger partial charge in [0.2, 0.25) is 11.8 Å². The quantitative estimate of drug-likeness (QED) is 0.0595. The summed E-state index contributed by atoms with van der Waals surface area (Å²) in [5.41, 5.74) is 12.6. The van der Waals surface area contributed by atoms with Gasteiger partial charge in [0.25, 0.3) is 11.8 Å². The predicted octanol–water partition coefficient (Wildman–Crippen LogP) is 5.97. The normalized spacial score (nSPS) is 16.6. The van der Waals surface area contributed by atoms with Crippen molar-refractivity contribution in [2.45, 2.75) is 103 Å². The third-order valence-electron chi connectivity index (χ3n) is 12.7. The standard InChI is InChI=1S/C48H56N14O4/c49-42-29-50-28-39(53-42)40-32-60-22-20-51-45(60)44(54-40)52-34-13-15-36(16-14-34)59-25-23-58(24-26-59)30-35-31-61(57-56-35)21-10-8-6-4-2-1-3-5-7-9-11-33-12-17-37-38(27-33)48(66)62(47(37)65)41-18-19-43(63)55-46(41)64/h12-17,20,22,27-29,31-32,41H,1-11,18-19,21,23-26,30H2,(H2,49,53)(H,52,54)(H,55,63,64). The fourth-order valence-corrected chi connectivity index (χ4v) is 9.14. The zero-order chi connectivity index (χ0) is 45.4. The lowest BCUT2D eigenvalue weighted by Gasteiger charge is -2.35. The summed E-state index contributed by atoms with van der Waals surface area (Å²) in [4.78, 5) is 73.7. The number of nitrogen functional groups attached to an aromatic ring is 1. The van der Waals surface area contributed by atoms with Crippen LogP contribution in [-0.2, 0) is 29.1 Å². The molecule has 0 saturated carbocycles. The van der Waals surface area contributed by atoms with Gasteiger partial charge in [-0.25, -0.2) is 15.0 Å². The molecule has 2 saturated heterocycles. The molecule has 1 unspecified atom stereocenters. The average Bonchev–Trinajstić information content (AvgIpc) is 4.05. The number of piperidine rings is 1. The highest BCUT2D eigenvalue weighted by molar-refractivity contribution is 6.23. The van der Waals surface area contributed by atoms with E-state index in [-0.39, 0.29) is 18.7 Å². The van der Waals surface area contributed by atoms with Crippen LogP contribution in [0.25, 0.3) is 17.0 Å². The number of carbonyl (C=O) groups is 4. The molecule has 0 radical (unpaired) electrons.